The normalized spacial score (nSPS) is 15.7. The second-order valence-corrected chi connectivity index (χ2v) is 6.67. The van der Waals surface area contributed by atoms with E-state index >= 15 is 0 Å². The number of hydrogen-bond donors (Lipinski definition) is 6. The highest BCUT2D eigenvalue weighted by atomic mass is 35.5. The van der Waals surface area contributed by atoms with Gasteiger partial charge >= 0.3 is 0 Å². The van der Waals surface area contributed by atoms with E-state index in [1.54, 1.807) is 0 Å². The number of carbonyl (C=O) groups is 1. The first-order chi connectivity index (χ1) is 13.3. The van der Waals surface area contributed by atoms with Gasteiger partial charge in [0.2, 0.25) is 5.96 Å². The molecule has 0 fully saturated rings. The molecule has 0 saturated carbocycles. The quantitative estimate of drug-likeness (QED) is 0.204. The second-order valence-electron chi connectivity index (χ2n) is 6.29. The number of nitrogens with two attached hydrogens (primary N) is 4. The van der Waals surface area contributed by atoms with Gasteiger partial charge in [0, 0.05) is 6.61 Å². The largest absolute Gasteiger partial charge is 0.396 e. The van der Waals surface area contributed by atoms with E-state index in [4.69, 9.17) is 39.6 Å². The van der Waals surface area contributed by atoms with Crippen molar-refractivity contribution in [2.24, 2.45) is 27.9 Å². The molecular weight excluding hydrogens is 417 g/mol. The Morgan fingerprint density at radius 3 is 2.38 bits per heavy atom. The number of carbonyl (C=O) groups excluding carboxylic acids is 1. The van der Waals surface area contributed by atoms with E-state index in [0.29, 0.717) is 6.42 Å². The molecule has 1 amide bonds. The maximum atomic E-state index is 11.6. The SMILES string of the molecule is CCCC(N=C(N)N1C(N)=C(Cl)NC(C(N)=O)=C1N)c1ccc(CCO)cc1.Cl. The second kappa shape index (κ2) is 10.8. The standard InChI is InChI=1S/C18H26ClN7O2.ClH/c1-2-3-12(11-6-4-10(5-7-11)8-9-27)24-18(23)26-15(20)13(17(22)28)25-14(19)16(26)21;/h4-7,12,25,27H,2-3,8-9,20-21H2,1H3,(H2,22,28)(H2,23,24);1H. The highest BCUT2D eigenvalue weighted by molar-refractivity contribution is 6.30. The van der Waals surface area contributed by atoms with Crippen LogP contribution < -0.4 is 28.3 Å². The highest BCUT2D eigenvalue weighted by Crippen LogP contribution is 2.26. The zero-order valence-electron chi connectivity index (χ0n) is 16.1. The number of guanidine groups is 1. The van der Waals surface area contributed by atoms with Crippen molar-refractivity contribution in [1.29, 1.82) is 0 Å². The number of rotatable bonds is 7. The summed E-state index contributed by atoms with van der Waals surface area (Å²) in [6.45, 7) is 2.13. The molecule has 9 nitrogen and oxygen atoms in total. The van der Waals surface area contributed by atoms with Gasteiger partial charge in [-0.3, -0.25) is 4.79 Å². The van der Waals surface area contributed by atoms with Crippen molar-refractivity contribution < 1.29 is 9.90 Å². The number of hydrogen-bond acceptors (Lipinski definition) is 6. The summed E-state index contributed by atoms with van der Waals surface area (Å²) in [5, 5.41) is 11.6. The van der Waals surface area contributed by atoms with Crippen LogP contribution in [-0.2, 0) is 11.2 Å². The smallest absolute Gasteiger partial charge is 0.268 e. The average Bonchev–Trinajstić information content (AvgIpc) is 2.65. The minimum absolute atomic E-state index is 0. The van der Waals surface area contributed by atoms with Crippen molar-refractivity contribution >= 4 is 35.9 Å². The molecule has 10 N–H and O–H groups in total. The van der Waals surface area contributed by atoms with Crippen molar-refractivity contribution in [1.82, 2.24) is 10.2 Å². The molecule has 0 saturated heterocycles. The summed E-state index contributed by atoms with van der Waals surface area (Å²) < 4.78 is 0. The van der Waals surface area contributed by atoms with Crippen molar-refractivity contribution in [3.63, 3.8) is 0 Å². The molecule has 1 aliphatic heterocycles. The number of aliphatic imine (C=N–C) groups is 1. The van der Waals surface area contributed by atoms with Crippen LogP contribution in [0.25, 0.3) is 0 Å². The van der Waals surface area contributed by atoms with E-state index < -0.39 is 5.91 Å². The zero-order valence-corrected chi connectivity index (χ0v) is 17.6. The molecule has 1 heterocycles. The summed E-state index contributed by atoms with van der Waals surface area (Å²) in [5.74, 6) is -0.875. The number of benzene rings is 1. The Morgan fingerprint density at radius 2 is 1.86 bits per heavy atom. The van der Waals surface area contributed by atoms with Crippen LogP contribution in [0.5, 0.6) is 0 Å². The van der Waals surface area contributed by atoms with Crippen molar-refractivity contribution in [2.75, 3.05) is 6.61 Å². The topological polar surface area (TPSA) is 169 Å². The van der Waals surface area contributed by atoms with Gasteiger partial charge in [0.05, 0.1) is 6.04 Å². The van der Waals surface area contributed by atoms with E-state index in [1.165, 1.54) is 4.90 Å². The van der Waals surface area contributed by atoms with Crippen molar-refractivity contribution in [2.45, 2.75) is 32.2 Å². The summed E-state index contributed by atoms with van der Waals surface area (Å²) >= 11 is 6.05. The Bertz CT molecular complexity index is 822. The predicted octanol–water partition coefficient (Wildman–Crippen LogP) is 0.642. The molecule has 0 aliphatic carbocycles. The van der Waals surface area contributed by atoms with Gasteiger partial charge in [-0.05, 0) is 24.0 Å². The van der Waals surface area contributed by atoms with Gasteiger partial charge in [-0.25, -0.2) is 9.89 Å². The third kappa shape index (κ3) is 5.69. The van der Waals surface area contributed by atoms with Crippen LogP contribution in [0.3, 0.4) is 0 Å². The fourth-order valence-corrected chi connectivity index (χ4v) is 3.02. The zero-order chi connectivity index (χ0) is 20.8. The number of nitrogens with one attached hydrogen (secondary N) is 1. The lowest BCUT2D eigenvalue weighted by atomic mass is 10.0. The van der Waals surface area contributed by atoms with Crippen LogP contribution in [-0.4, -0.2) is 28.5 Å². The number of primary amides is 1. The lowest BCUT2D eigenvalue weighted by Gasteiger charge is -2.31. The molecule has 1 atom stereocenters. The van der Waals surface area contributed by atoms with Crippen LogP contribution in [0.1, 0.15) is 36.9 Å². The molecule has 0 radical (unpaired) electrons. The van der Waals surface area contributed by atoms with Crippen LogP contribution in [0.2, 0.25) is 0 Å². The maximum absolute atomic E-state index is 11.6. The Kier molecular flexibility index (Phi) is 9.09. The highest BCUT2D eigenvalue weighted by Gasteiger charge is 2.29. The van der Waals surface area contributed by atoms with Crippen molar-refractivity contribution in [3.8, 4) is 0 Å². The monoisotopic (exact) mass is 443 g/mol. The van der Waals surface area contributed by atoms with Gasteiger partial charge in [0.25, 0.3) is 5.91 Å². The molecule has 1 unspecified atom stereocenters. The number of amides is 1. The van der Waals surface area contributed by atoms with E-state index in [9.17, 15) is 4.79 Å². The van der Waals surface area contributed by atoms with Gasteiger partial charge < -0.3 is 33.4 Å². The van der Waals surface area contributed by atoms with Gasteiger partial charge in [-0.15, -0.1) is 12.4 Å². The molecule has 0 spiro atoms. The van der Waals surface area contributed by atoms with Crippen LogP contribution in [0, 0.1) is 0 Å². The molecule has 29 heavy (non-hydrogen) atoms. The van der Waals surface area contributed by atoms with E-state index in [-0.39, 0.29) is 53.5 Å². The molecule has 0 bridgehead atoms. The fourth-order valence-electron chi connectivity index (χ4n) is 2.84. The average molecular weight is 444 g/mol. The molecule has 1 aliphatic rings. The van der Waals surface area contributed by atoms with Crippen LogP contribution in [0.15, 0.2) is 51.8 Å². The Morgan fingerprint density at radius 1 is 1.24 bits per heavy atom. The van der Waals surface area contributed by atoms with Crippen molar-refractivity contribution in [3.05, 3.63) is 57.9 Å². The summed E-state index contributed by atoms with van der Waals surface area (Å²) in [5.41, 5.74) is 25.3. The predicted molar refractivity (Wildman–Crippen MR) is 116 cm³/mol. The summed E-state index contributed by atoms with van der Waals surface area (Å²) in [7, 11) is 0. The summed E-state index contributed by atoms with van der Waals surface area (Å²) in [4.78, 5) is 17.4. The van der Waals surface area contributed by atoms with Gasteiger partial charge in [-0.2, -0.15) is 0 Å². The third-order valence-corrected chi connectivity index (χ3v) is 4.58. The molecule has 11 heteroatoms. The Hall–Kier alpha value is -2.62. The minimum Gasteiger partial charge on any atom is -0.396 e. The van der Waals surface area contributed by atoms with E-state index in [2.05, 4.69) is 10.3 Å². The molecule has 2 rings (SSSR count). The van der Waals surface area contributed by atoms with Crippen LogP contribution in [0.4, 0.5) is 0 Å². The first-order valence-corrected chi connectivity index (χ1v) is 9.22. The van der Waals surface area contributed by atoms with Gasteiger partial charge in [-0.1, -0.05) is 49.2 Å². The Balaban J connectivity index is 0.00000420. The number of aliphatic hydroxyl groups is 1. The Labute approximate surface area is 180 Å². The lowest BCUT2D eigenvalue weighted by molar-refractivity contribution is -0.115. The summed E-state index contributed by atoms with van der Waals surface area (Å²) in [6.07, 6.45) is 2.18. The van der Waals surface area contributed by atoms with Gasteiger partial charge in [0.1, 0.15) is 22.5 Å². The van der Waals surface area contributed by atoms with Crippen LogP contribution >= 0.6 is 24.0 Å². The van der Waals surface area contributed by atoms with E-state index in [1.807, 2.05) is 31.2 Å². The minimum atomic E-state index is -0.800. The lowest BCUT2D eigenvalue weighted by Crippen LogP contribution is -2.49. The molecule has 1 aromatic carbocycles. The number of aliphatic hydroxyl groups excluding tert-OH is 1. The molecular formula is C18H27Cl2N7O2. The number of halogens is 2. The third-order valence-electron chi connectivity index (χ3n) is 4.29. The van der Waals surface area contributed by atoms with Gasteiger partial charge in [0.15, 0.2) is 0 Å². The molecule has 1 aromatic rings. The molecule has 0 aromatic heterocycles. The molecule has 160 valence electrons. The first-order valence-electron chi connectivity index (χ1n) is 8.85. The maximum Gasteiger partial charge on any atom is 0.268 e. The number of nitrogens with zero attached hydrogens (tertiary/aromatic N) is 2. The summed E-state index contributed by atoms with van der Waals surface area (Å²) in [6, 6.07) is 7.52. The first kappa shape index (κ1) is 24.4. The van der Waals surface area contributed by atoms with E-state index in [0.717, 1.165) is 24.0 Å². The fraction of sp³-hybridized carbons (Fsp3) is 0.333.